The van der Waals surface area contributed by atoms with E-state index in [1.54, 1.807) is 24.3 Å². The minimum Gasteiger partial charge on any atom is -0.496 e. The van der Waals surface area contributed by atoms with E-state index in [1.165, 1.54) is 19.2 Å². The third-order valence-corrected chi connectivity index (χ3v) is 5.53. The molecule has 4 nitrogen and oxygen atoms in total. The summed E-state index contributed by atoms with van der Waals surface area (Å²) in [6.07, 6.45) is -3.80. The summed E-state index contributed by atoms with van der Waals surface area (Å²) in [7, 11) is 1.45. The Hall–Kier alpha value is -2.25. The number of carboxylic acid groups (broad SMARTS) is 1. The predicted octanol–water partition coefficient (Wildman–Crippen LogP) is 5.25. The minimum atomic E-state index is -4.53. The number of halogens is 4. The highest BCUT2D eigenvalue weighted by atomic mass is 35.5. The third kappa shape index (κ3) is 4.67. The van der Waals surface area contributed by atoms with Crippen molar-refractivity contribution in [3.63, 3.8) is 0 Å². The maximum Gasteiger partial charge on any atom is 0.416 e. The summed E-state index contributed by atoms with van der Waals surface area (Å²) in [5, 5.41) is 9.65. The van der Waals surface area contributed by atoms with Gasteiger partial charge in [0.1, 0.15) is 5.75 Å². The van der Waals surface area contributed by atoms with Gasteiger partial charge in [-0.3, -0.25) is 9.69 Å². The number of nitrogens with zero attached hydrogens (tertiary/aromatic N) is 1. The van der Waals surface area contributed by atoms with Crippen LogP contribution in [-0.4, -0.2) is 36.2 Å². The lowest BCUT2D eigenvalue weighted by molar-refractivity contribution is -0.143. The second-order valence-corrected chi connectivity index (χ2v) is 7.46. The molecule has 156 valence electrons. The van der Waals surface area contributed by atoms with Crippen molar-refractivity contribution in [2.75, 3.05) is 20.2 Å². The molecule has 8 heteroatoms. The van der Waals surface area contributed by atoms with E-state index in [1.807, 2.05) is 4.90 Å². The number of carboxylic acids is 1. The number of ether oxygens (including phenoxy) is 1. The Morgan fingerprint density at radius 2 is 1.83 bits per heavy atom. The van der Waals surface area contributed by atoms with Gasteiger partial charge in [0.05, 0.1) is 24.6 Å². The number of piperidine rings is 1. The lowest BCUT2D eigenvalue weighted by atomic mass is 9.88. The first-order chi connectivity index (χ1) is 13.7. The summed E-state index contributed by atoms with van der Waals surface area (Å²) in [5.41, 5.74) is -0.118. The number of likely N-dealkylation sites (tertiary alicyclic amines) is 1. The Kier molecular flexibility index (Phi) is 6.39. The topological polar surface area (TPSA) is 49.8 Å². The van der Waals surface area contributed by atoms with Crippen LogP contribution in [0.1, 0.15) is 35.6 Å². The van der Waals surface area contributed by atoms with Crippen LogP contribution in [0.15, 0.2) is 42.5 Å². The Morgan fingerprint density at radius 3 is 2.41 bits per heavy atom. The van der Waals surface area contributed by atoms with Gasteiger partial charge >= 0.3 is 12.1 Å². The average molecular weight is 428 g/mol. The van der Waals surface area contributed by atoms with Crippen LogP contribution in [0.3, 0.4) is 0 Å². The maximum absolute atomic E-state index is 13.8. The normalized spacial score (nSPS) is 17.1. The number of alkyl halides is 3. The van der Waals surface area contributed by atoms with Crippen LogP contribution in [0.2, 0.25) is 5.02 Å². The molecule has 1 aliphatic heterocycles. The summed E-state index contributed by atoms with van der Waals surface area (Å²) < 4.78 is 46.7. The van der Waals surface area contributed by atoms with E-state index in [-0.39, 0.29) is 5.56 Å². The molecule has 1 unspecified atom stereocenters. The van der Waals surface area contributed by atoms with Crippen molar-refractivity contribution in [3.8, 4) is 5.75 Å². The summed E-state index contributed by atoms with van der Waals surface area (Å²) in [6, 6.07) is 9.53. The first-order valence-corrected chi connectivity index (χ1v) is 9.56. The van der Waals surface area contributed by atoms with Crippen LogP contribution >= 0.6 is 11.6 Å². The van der Waals surface area contributed by atoms with Gasteiger partial charge < -0.3 is 9.84 Å². The number of aliphatic carboxylic acids is 1. The van der Waals surface area contributed by atoms with Gasteiger partial charge in [-0.1, -0.05) is 29.8 Å². The van der Waals surface area contributed by atoms with Crippen LogP contribution in [-0.2, 0) is 11.0 Å². The van der Waals surface area contributed by atoms with Crippen molar-refractivity contribution in [2.45, 2.75) is 25.1 Å². The smallest absolute Gasteiger partial charge is 0.416 e. The number of hydrogen-bond acceptors (Lipinski definition) is 3. The highest BCUT2D eigenvalue weighted by Crippen LogP contribution is 2.43. The quantitative estimate of drug-likeness (QED) is 0.707. The first-order valence-electron chi connectivity index (χ1n) is 9.18. The van der Waals surface area contributed by atoms with Gasteiger partial charge in [0.2, 0.25) is 0 Å². The van der Waals surface area contributed by atoms with E-state index in [2.05, 4.69) is 0 Å². The van der Waals surface area contributed by atoms with Gasteiger partial charge in [-0.25, -0.2) is 0 Å². The highest BCUT2D eigenvalue weighted by molar-refractivity contribution is 6.30. The predicted molar refractivity (Wildman–Crippen MR) is 103 cm³/mol. The van der Waals surface area contributed by atoms with Gasteiger partial charge in [-0.15, -0.1) is 0 Å². The third-order valence-electron chi connectivity index (χ3n) is 5.29. The van der Waals surface area contributed by atoms with E-state index >= 15 is 0 Å². The van der Waals surface area contributed by atoms with Crippen molar-refractivity contribution in [1.29, 1.82) is 0 Å². The lowest BCUT2D eigenvalue weighted by Crippen LogP contribution is -2.40. The molecule has 0 aliphatic carbocycles. The van der Waals surface area contributed by atoms with Crippen LogP contribution in [0.4, 0.5) is 13.2 Å². The van der Waals surface area contributed by atoms with Crippen molar-refractivity contribution in [1.82, 2.24) is 4.90 Å². The fraction of sp³-hybridized carbons (Fsp3) is 0.381. The minimum absolute atomic E-state index is 0.0920. The molecule has 0 bridgehead atoms. The highest BCUT2D eigenvalue weighted by Gasteiger charge is 2.39. The first kappa shape index (κ1) is 21.5. The van der Waals surface area contributed by atoms with Crippen LogP contribution < -0.4 is 4.74 Å². The summed E-state index contributed by atoms with van der Waals surface area (Å²) in [6.45, 7) is 0.701. The standard InChI is InChI=1S/C21H21ClF3NO3/c1-29-18-7-6-14(22)12-16(18)19(26-10-8-13(9-11-26)20(27)28)15-4-2-3-5-17(15)21(23,24)25/h2-7,12-13,19H,8-11H2,1H3,(H,27,28). The van der Waals surface area contributed by atoms with Gasteiger partial charge in [-0.2, -0.15) is 13.2 Å². The average Bonchev–Trinajstić information content (AvgIpc) is 2.68. The maximum atomic E-state index is 13.8. The number of benzene rings is 2. The zero-order valence-corrected chi connectivity index (χ0v) is 16.5. The molecule has 0 amide bonds. The monoisotopic (exact) mass is 427 g/mol. The van der Waals surface area contributed by atoms with Gasteiger partial charge in [0.25, 0.3) is 0 Å². The van der Waals surface area contributed by atoms with E-state index in [0.717, 1.165) is 6.07 Å². The lowest BCUT2D eigenvalue weighted by Gasteiger charge is -2.38. The Balaban J connectivity index is 2.12. The fourth-order valence-electron chi connectivity index (χ4n) is 3.88. The Bertz CT molecular complexity index is 880. The molecule has 2 aromatic carbocycles. The molecular weight excluding hydrogens is 407 g/mol. The molecule has 0 saturated carbocycles. The molecule has 1 N–H and O–H groups in total. The molecule has 1 atom stereocenters. The second-order valence-electron chi connectivity index (χ2n) is 7.02. The van der Waals surface area contributed by atoms with E-state index < -0.39 is 29.7 Å². The number of methoxy groups -OCH3 is 1. The van der Waals surface area contributed by atoms with E-state index in [4.69, 9.17) is 16.3 Å². The second kappa shape index (κ2) is 8.63. The molecule has 1 saturated heterocycles. The zero-order valence-electron chi connectivity index (χ0n) is 15.7. The largest absolute Gasteiger partial charge is 0.496 e. The van der Waals surface area contributed by atoms with Crippen molar-refractivity contribution < 1.29 is 27.8 Å². The van der Waals surface area contributed by atoms with Gasteiger partial charge in [-0.05, 0) is 55.8 Å². The Morgan fingerprint density at radius 1 is 1.17 bits per heavy atom. The molecule has 0 aromatic heterocycles. The van der Waals surface area contributed by atoms with Crippen LogP contribution in [0.5, 0.6) is 5.75 Å². The van der Waals surface area contributed by atoms with E-state index in [9.17, 15) is 23.1 Å². The van der Waals surface area contributed by atoms with Crippen LogP contribution in [0, 0.1) is 5.92 Å². The van der Waals surface area contributed by atoms with Gasteiger partial charge in [0.15, 0.2) is 0 Å². The fourth-order valence-corrected chi connectivity index (χ4v) is 4.06. The molecule has 29 heavy (non-hydrogen) atoms. The van der Waals surface area contributed by atoms with Crippen LogP contribution in [0.25, 0.3) is 0 Å². The number of hydrogen-bond donors (Lipinski definition) is 1. The molecular formula is C21H21ClF3NO3. The summed E-state index contributed by atoms with van der Waals surface area (Å²) >= 11 is 6.16. The van der Waals surface area contributed by atoms with Crippen molar-refractivity contribution >= 4 is 17.6 Å². The molecule has 3 rings (SSSR count). The molecule has 1 fully saturated rings. The van der Waals surface area contributed by atoms with Gasteiger partial charge in [0, 0.05) is 10.6 Å². The molecule has 0 spiro atoms. The molecule has 2 aromatic rings. The summed E-state index contributed by atoms with van der Waals surface area (Å²) in [4.78, 5) is 13.2. The number of rotatable bonds is 5. The molecule has 0 radical (unpaired) electrons. The van der Waals surface area contributed by atoms with Crippen molar-refractivity contribution in [3.05, 3.63) is 64.2 Å². The molecule has 1 aliphatic rings. The van der Waals surface area contributed by atoms with Crippen molar-refractivity contribution in [2.24, 2.45) is 5.92 Å². The van der Waals surface area contributed by atoms with E-state index in [0.29, 0.717) is 42.3 Å². The zero-order chi connectivity index (χ0) is 21.2. The molecule has 1 heterocycles. The summed E-state index contributed by atoms with van der Waals surface area (Å²) in [5.74, 6) is -0.944. The SMILES string of the molecule is COc1ccc(Cl)cc1C(c1ccccc1C(F)(F)F)N1CCC(C(=O)O)CC1. The Labute approximate surface area is 171 Å². The number of carbonyl (C=O) groups is 1.